The summed E-state index contributed by atoms with van der Waals surface area (Å²) in [6.45, 7) is 0.473. The van der Waals surface area contributed by atoms with E-state index in [0.717, 1.165) is 0 Å². The van der Waals surface area contributed by atoms with Crippen LogP contribution in [0.25, 0.3) is 5.95 Å². The zero-order valence-corrected chi connectivity index (χ0v) is 11.9. The van der Waals surface area contributed by atoms with Crippen LogP contribution >= 0.6 is 0 Å². The SMILES string of the molecule is CNc1nc(NC(CCO)COC)nc(-n2cncn2)n1. The number of hydrogen-bond acceptors (Lipinski definition) is 9. The summed E-state index contributed by atoms with van der Waals surface area (Å²) in [7, 11) is 3.31. The van der Waals surface area contributed by atoms with Crippen molar-refractivity contribution in [1.82, 2.24) is 29.7 Å². The number of anilines is 2. The maximum absolute atomic E-state index is 9.06. The number of ether oxygens (including phenoxy) is 1. The molecule has 0 spiro atoms. The minimum atomic E-state index is -0.101. The van der Waals surface area contributed by atoms with Gasteiger partial charge in [-0.15, -0.1) is 0 Å². The van der Waals surface area contributed by atoms with E-state index in [1.54, 1.807) is 14.2 Å². The molecule has 2 aromatic heterocycles. The fourth-order valence-electron chi connectivity index (χ4n) is 1.69. The van der Waals surface area contributed by atoms with Crippen molar-refractivity contribution in [3.8, 4) is 5.95 Å². The minimum Gasteiger partial charge on any atom is -0.396 e. The van der Waals surface area contributed by atoms with E-state index in [0.29, 0.717) is 30.9 Å². The first-order valence-corrected chi connectivity index (χ1v) is 6.42. The molecule has 10 nitrogen and oxygen atoms in total. The Balaban J connectivity index is 2.23. The number of hydrogen-bond donors (Lipinski definition) is 3. The summed E-state index contributed by atoms with van der Waals surface area (Å²) < 4.78 is 6.54. The van der Waals surface area contributed by atoms with Crippen molar-refractivity contribution in [3.63, 3.8) is 0 Å². The molecule has 2 heterocycles. The van der Waals surface area contributed by atoms with Crippen LogP contribution in [-0.2, 0) is 4.74 Å². The lowest BCUT2D eigenvalue weighted by Crippen LogP contribution is -2.27. The van der Waals surface area contributed by atoms with E-state index >= 15 is 0 Å². The van der Waals surface area contributed by atoms with Crippen molar-refractivity contribution < 1.29 is 9.84 Å². The Morgan fingerprint density at radius 1 is 1.33 bits per heavy atom. The lowest BCUT2D eigenvalue weighted by atomic mass is 10.2. The first kappa shape index (κ1) is 15.1. The van der Waals surface area contributed by atoms with Gasteiger partial charge in [0.15, 0.2) is 0 Å². The Hall–Kier alpha value is -2.33. The summed E-state index contributed by atoms with van der Waals surface area (Å²) in [5, 5.41) is 19.0. The average molecular weight is 294 g/mol. The molecule has 1 unspecified atom stereocenters. The zero-order valence-electron chi connectivity index (χ0n) is 11.9. The second kappa shape index (κ2) is 7.45. The average Bonchev–Trinajstić information content (AvgIpc) is 3.01. The van der Waals surface area contributed by atoms with Crippen LogP contribution in [0.5, 0.6) is 0 Å². The third kappa shape index (κ3) is 4.07. The van der Waals surface area contributed by atoms with Crippen LogP contribution in [0.4, 0.5) is 11.9 Å². The van der Waals surface area contributed by atoms with E-state index in [2.05, 4.69) is 35.7 Å². The number of rotatable bonds is 8. The van der Waals surface area contributed by atoms with Crippen LogP contribution in [0.1, 0.15) is 6.42 Å². The highest BCUT2D eigenvalue weighted by atomic mass is 16.5. The Bertz CT molecular complexity index is 541. The molecule has 0 radical (unpaired) electrons. The standard InChI is InChI=1S/C11H18N8O2/c1-12-9-16-10(15-8(3-4-20)5-21-2)18-11(17-9)19-7-13-6-14-19/h6-8,20H,3-5H2,1-2H3,(H2,12,15,16,17,18). The van der Waals surface area contributed by atoms with Gasteiger partial charge < -0.3 is 20.5 Å². The molecule has 3 N–H and O–H groups in total. The van der Waals surface area contributed by atoms with Crippen LogP contribution in [0.15, 0.2) is 12.7 Å². The number of aromatic nitrogens is 6. The molecule has 0 amide bonds. The van der Waals surface area contributed by atoms with E-state index in [1.165, 1.54) is 17.3 Å². The van der Waals surface area contributed by atoms with Gasteiger partial charge in [0.05, 0.1) is 12.6 Å². The fraction of sp³-hybridized carbons (Fsp3) is 0.545. The summed E-state index contributed by atoms with van der Waals surface area (Å²) in [4.78, 5) is 16.6. The third-order valence-corrected chi connectivity index (χ3v) is 2.65. The Morgan fingerprint density at radius 2 is 2.14 bits per heavy atom. The van der Waals surface area contributed by atoms with Gasteiger partial charge in [-0.1, -0.05) is 0 Å². The molecule has 0 bridgehead atoms. The molecule has 2 aromatic rings. The molecule has 114 valence electrons. The smallest absolute Gasteiger partial charge is 0.258 e. The lowest BCUT2D eigenvalue weighted by Gasteiger charge is -2.17. The van der Waals surface area contributed by atoms with Gasteiger partial charge in [0, 0.05) is 20.8 Å². The van der Waals surface area contributed by atoms with Gasteiger partial charge in [0.2, 0.25) is 11.9 Å². The molecule has 0 aliphatic heterocycles. The molecule has 0 aromatic carbocycles. The van der Waals surface area contributed by atoms with Crippen LogP contribution in [0.2, 0.25) is 0 Å². The van der Waals surface area contributed by atoms with Gasteiger partial charge in [-0.2, -0.15) is 24.7 Å². The van der Waals surface area contributed by atoms with Crippen LogP contribution < -0.4 is 10.6 Å². The topological polar surface area (TPSA) is 123 Å². The molecule has 2 rings (SSSR count). The number of methoxy groups -OCH3 is 1. The molecule has 10 heteroatoms. The summed E-state index contributed by atoms with van der Waals surface area (Å²) in [6, 6.07) is -0.101. The van der Waals surface area contributed by atoms with E-state index in [4.69, 9.17) is 9.84 Å². The van der Waals surface area contributed by atoms with Gasteiger partial charge >= 0.3 is 0 Å². The maximum atomic E-state index is 9.06. The van der Waals surface area contributed by atoms with E-state index in [9.17, 15) is 0 Å². The van der Waals surface area contributed by atoms with E-state index < -0.39 is 0 Å². The maximum Gasteiger partial charge on any atom is 0.258 e. The molecule has 21 heavy (non-hydrogen) atoms. The molecular weight excluding hydrogens is 276 g/mol. The predicted molar refractivity (Wildman–Crippen MR) is 75.3 cm³/mol. The summed E-state index contributed by atoms with van der Waals surface area (Å²) >= 11 is 0. The minimum absolute atomic E-state index is 0.0426. The van der Waals surface area contributed by atoms with Gasteiger partial charge in [0.25, 0.3) is 5.95 Å². The van der Waals surface area contributed by atoms with Gasteiger partial charge in [-0.3, -0.25) is 0 Å². The van der Waals surface area contributed by atoms with Crippen molar-refractivity contribution >= 4 is 11.9 Å². The van der Waals surface area contributed by atoms with Gasteiger partial charge in [0.1, 0.15) is 12.7 Å². The van der Waals surface area contributed by atoms with Crippen LogP contribution in [-0.4, -0.2) is 68.2 Å². The molecular formula is C11H18N8O2. The monoisotopic (exact) mass is 294 g/mol. The van der Waals surface area contributed by atoms with Crippen molar-refractivity contribution in [1.29, 1.82) is 0 Å². The highest BCUT2D eigenvalue weighted by molar-refractivity contribution is 5.37. The molecule has 0 saturated carbocycles. The normalized spacial score (nSPS) is 12.1. The molecule has 0 fully saturated rings. The van der Waals surface area contributed by atoms with Crippen molar-refractivity contribution in [2.75, 3.05) is 38.0 Å². The summed E-state index contributed by atoms with van der Waals surface area (Å²) in [5.41, 5.74) is 0. The Morgan fingerprint density at radius 3 is 2.76 bits per heavy atom. The first-order chi connectivity index (χ1) is 10.3. The summed E-state index contributed by atoms with van der Waals surface area (Å²) in [5.74, 6) is 1.11. The number of aliphatic hydroxyl groups excluding tert-OH is 1. The number of nitrogens with one attached hydrogen (secondary N) is 2. The van der Waals surface area contributed by atoms with Crippen LogP contribution in [0.3, 0.4) is 0 Å². The van der Waals surface area contributed by atoms with E-state index in [-0.39, 0.29) is 12.6 Å². The van der Waals surface area contributed by atoms with Crippen molar-refractivity contribution in [2.45, 2.75) is 12.5 Å². The second-order valence-electron chi connectivity index (χ2n) is 4.18. The van der Waals surface area contributed by atoms with Gasteiger partial charge in [-0.05, 0) is 6.42 Å². The zero-order chi connectivity index (χ0) is 15.1. The highest BCUT2D eigenvalue weighted by Crippen LogP contribution is 2.10. The second-order valence-corrected chi connectivity index (χ2v) is 4.18. The fourth-order valence-corrected chi connectivity index (χ4v) is 1.69. The van der Waals surface area contributed by atoms with Crippen molar-refractivity contribution in [2.24, 2.45) is 0 Å². The largest absolute Gasteiger partial charge is 0.396 e. The van der Waals surface area contributed by atoms with E-state index in [1.807, 2.05) is 0 Å². The lowest BCUT2D eigenvalue weighted by molar-refractivity contribution is 0.170. The van der Waals surface area contributed by atoms with Gasteiger partial charge in [-0.25, -0.2) is 4.98 Å². The number of aliphatic hydroxyl groups is 1. The molecule has 0 aliphatic carbocycles. The predicted octanol–water partition coefficient (Wildman–Crippen LogP) is -0.697. The first-order valence-electron chi connectivity index (χ1n) is 6.42. The number of nitrogens with zero attached hydrogens (tertiary/aromatic N) is 6. The molecule has 1 atom stereocenters. The van der Waals surface area contributed by atoms with Crippen LogP contribution in [0, 0.1) is 0 Å². The Kier molecular flexibility index (Phi) is 5.35. The highest BCUT2D eigenvalue weighted by Gasteiger charge is 2.13. The molecule has 0 aliphatic rings. The quantitative estimate of drug-likeness (QED) is 0.580. The summed E-state index contributed by atoms with van der Waals surface area (Å²) in [6.07, 6.45) is 3.42. The molecule has 0 saturated heterocycles. The van der Waals surface area contributed by atoms with Crippen molar-refractivity contribution in [3.05, 3.63) is 12.7 Å². The third-order valence-electron chi connectivity index (χ3n) is 2.65. The Labute approximate surface area is 121 Å².